The molecule has 64 valence electrons. The second-order valence-corrected chi connectivity index (χ2v) is 2.43. The Morgan fingerprint density at radius 2 is 2.36 bits per heavy atom. The first kappa shape index (κ1) is 10.7. The number of halogens is 1. The van der Waals surface area contributed by atoms with Crippen LogP contribution in [0.3, 0.4) is 0 Å². The third-order valence-electron chi connectivity index (χ3n) is 1.69. The number of imidazole rings is 1. The molecule has 0 aromatic carbocycles. The molecule has 1 aromatic rings. The van der Waals surface area contributed by atoms with E-state index in [1.54, 1.807) is 0 Å². The van der Waals surface area contributed by atoms with E-state index in [2.05, 4.69) is 11.9 Å². The van der Waals surface area contributed by atoms with Gasteiger partial charge in [0.15, 0.2) is 6.17 Å². The van der Waals surface area contributed by atoms with Gasteiger partial charge in [-0.2, -0.15) is 0 Å². The van der Waals surface area contributed by atoms with Gasteiger partial charge in [-0.05, 0) is 6.42 Å². The van der Waals surface area contributed by atoms with Crippen molar-refractivity contribution in [3.63, 3.8) is 0 Å². The van der Waals surface area contributed by atoms with Gasteiger partial charge in [-0.3, -0.25) is 5.73 Å². The zero-order chi connectivity index (χ0) is 7.56. The number of hydrogen-bond acceptors (Lipinski definition) is 1. The highest BCUT2D eigenvalue weighted by molar-refractivity contribution is 4.71. The molecular formula is C7H14BrN3. The summed E-state index contributed by atoms with van der Waals surface area (Å²) in [6.45, 7) is 4.08. The quantitative estimate of drug-likeness (QED) is 0.531. The Morgan fingerprint density at radius 1 is 1.73 bits per heavy atom. The minimum absolute atomic E-state index is 0. The van der Waals surface area contributed by atoms with Gasteiger partial charge in [-0.15, -0.1) is 0 Å². The number of hydrogen-bond donors (Lipinski definition) is 2. The molecule has 0 aliphatic heterocycles. The second-order valence-electron chi connectivity index (χ2n) is 2.43. The molecule has 1 heterocycles. The Kier molecular flexibility index (Phi) is 4.37. The minimum atomic E-state index is 0. The van der Waals surface area contributed by atoms with Crippen molar-refractivity contribution in [3.05, 3.63) is 18.2 Å². The number of nitrogens with two attached hydrogens (primary N) is 1. The monoisotopic (exact) mass is 219 g/mol. The number of nitrogens with zero attached hydrogens (tertiary/aromatic N) is 1. The average molecular weight is 220 g/mol. The SMILES string of the molecule is CCC(N)[n+]1cc[nH]c1C.[Br-]. The highest BCUT2D eigenvalue weighted by Crippen LogP contribution is 1.93. The van der Waals surface area contributed by atoms with E-state index in [1.807, 2.05) is 23.9 Å². The van der Waals surface area contributed by atoms with Crippen molar-refractivity contribution in [1.29, 1.82) is 0 Å². The van der Waals surface area contributed by atoms with Crippen molar-refractivity contribution >= 4 is 0 Å². The van der Waals surface area contributed by atoms with Crippen molar-refractivity contribution in [2.24, 2.45) is 5.73 Å². The molecule has 1 atom stereocenters. The molecule has 0 aliphatic rings. The summed E-state index contributed by atoms with van der Waals surface area (Å²) in [6.07, 6.45) is 4.93. The fourth-order valence-electron chi connectivity index (χ4n) is 0.980. The van der Waals surface area contributed by atoms with E-state index in [1.165, 1.54) is 0 Å². The third kappa shape index (κ3) is 2.31. The first-order valence-corrected chi connectivity index (χ1v) is 3.56. The van der Waals surface area contributed by atoms with Gasteiger partial charge in [0.25, 0.3) is 5.82 Å². The normalized spacial score (nSPS) is 12.3. The van der Waals surface area contributed by atoms with Crippen LogP contribution in [-0.2, 0) is 0 Å². The van der Waals surface area contributed by atoms with E-state index in [0.717, 1.165) is 12.2 Å². The Morgan fingerprint density at radius 3 is 2.73 bits per heavy atom. The lowest BCUT2D eigenvalue weighted by Crippen LogP contribution is -3.00. The summed E-state index contributed by atoms with van der Waals surface area (Å²) in [5.41, 5.74) is 5.78. The highest BCUT2D eigenvalue weighted by atomic mass is 79.9. The Labute approximate surface area is 77.4 Å². The van der Waals surface area contributed by atoms with E-state index in [4.69, 9.17) is 5.73 Å². The Bertz CT molecular complexity index is 209. The summed E-state index contributed by atoms with van der Waals surface area (Å²) in [5, 5.41) is 0. The maximum absolute atomic E-state index is 5.78. The number of nitrogens with one attached hydrogen (secondary N) is 1. The molecule has 11 heavy (non-hydrogen) atoms. The molecule has 0 radical (unpaired) electrons. The number of H-pyrrole nitrogens is 1. The van der Waals surface area contributed by atoms with Crippen molar-refractivity contribution in [2.75, 3.05) is 0 Å². The number of aromatic amines is 1. The first-order chi connectivity index (χ1) is 4.75. The smallest absolute Gasteiger partial charge is 0.252 e. The largest absolute Gasteiger partial charge is 1.00 e. The highest BCUT2D eigenvalue weighted by Gasteiger charge is 2.10. The van der Waals surface area contributed by atoms with E-state index in [9.17, 15) is 0 Å². The van der Waals surface area contributed by atoms with Gasteiger partial charge < -0.3 is 17.0 Å². The lowest BCUT2D eigenvalue weighted by molar-refractivity contribution is -0.727. The van der Waals surface area contributed by atoms with E-state index in [0.29, 0.717) is 0 Å². The molecule has 1 aromatic heterocycles. The molecule has 1 unspecified atom stereocenters. The van der Waals surface area contributed by atoms with E-state index < -0.39 is 0 Å². The van der Waals surface area contributed by atoms with Gasteiger partial charge in [0, 0.05) is 6.92 Å². The molecule has 0 saturated heterocycles. The van der Waals surface area contributed by atoms with Crippen molar-refractivity contribution < 1.29 is 21.5 Å². The molecule has 0 fully saturated rings. The summed E-state index contributed by atoms with van der Waals surface area (Å²) in [7, 11) is 0. The van der Waals surface area contributed by atoms with Gasteiger partial charge in [0.05, 0.1) is 0 Å². The van der Waals surface area contributed by atoms with E-state index >= 15 is 0 Å². The topological polar surface area (TPSA) is 45.7 Å². The molecule has 3 N–H and O–H groups in total. The van der Waals surface area contributed by atoms with Crippen LogP contribution in [0.4, 0.5) is 0 Å². The van der Waals surface area contributed by atoms with Gasteiger partial charge in [0.2, 0.25) is 0 Å². The Hall–Kier alpha value is -0.350. The zero-order valence-corrected chi connectivity index (χ0v) is 8.43. The molecule has 0 spiro atoms. The zero-order valence-electron chi connectivity index (χ0n) is 6.84. The molecule has 0 amide bonds. The van der Waals surface area contributed by atoms with Crippen LogP contribution in [0.25, 0.3) is 0 Å². The lowest BCUT2D eigenvalue weighted by atomic mass is 10.4. The molecule has 0 aliphatic carbocycles. The summed E-state index contributed by atoms with van der Waals surface area (Å²) in [5.74, 6) is 1.11. The van der Waals surface area contributed by atoms with Crippen LogP contribution >= 0.6 is 0 Å². The van der Waals surface area contributed by atoms with Gasteiger partial charge >= 0.3 is 0 Å². The first-order valence-electron chi connectivity index (χ1n) is 3.56. The maximum atomic E-state index is 5.78. The fourth-order valence-corrected chi connectivity index (χ4v) is 0.980. The molecule has 3 nitrogen and oxygen atoms in total. The van der Waals surface area contributed by atoms with Gasteiger partial charge in [-0.25, -0.2) is 9.55 Å². The summed E-state index contributed by atoms with van der Waals surface area (Å²) in [6, 6.07) is 0. The third-order valence-corrected chi connectivity index (χ3v) is 1.69. The van der Waals surface area contributed by atoms with Crippen LogP contribution in [-0.4, -0.2) is 4.98 Å². The van der Waals surface area contributed by atoms with Crippen molar-refractivity contribution in [2.45, 2.75) is 26.4 Å². The lowest BCUT2D eigenvalue weighted by Gasteiger charge is -2.04. The summed E-state index contributed by atoms with van der Waals surface area (Å²) < 4.78 is 2.03. The van der Waals surface area contributed by atoms with Crippen LogP contribution < -0.4 is 27.3 Å². The van der Waals surface area contributed by atoms with Crippen molar-refractivity contribution in [3.8, 4) is 0 Å². The summed E-state index contributed by atoms with van der Waals surface area (Å²) in [4.78, 5) is 3.07. The molecule has 4 heteroatoms. The number of aryl methyl sites for hydroxylation is 1. The average Bonchev–Trinajstić information content (AvgIpc) is 2.34. The number of rotatable bonds is 2. The predicted molar refractivity (Wildman–Crippen MR) is 39.2 cm³/mol. The van der Waals surface area contributed by atoms with Gasteiger partial charge in [-0.1, -0.05) is 6.92 Å². The molecule has 0 saturated carbocycles. The van der Waals surface area contributed by atoms with Crippen LogP contribution in [0.1, 0.15) is 25.3 Å². The standard InChI is InChI=1S/C7H13N3.BrH/c1-3-7(8)10-5-4-9-6(10)2;/h4-5,7H,3,8H2,1-2H3;1H. The fraction of sp³-hybridized carbons (Fsp3) is 0.571. The predicted octanol–water partition coefficient (Wildman–Crippen LogP) is -2.52. The number of aromatic nitrogens is 2. The molecule has 0 bridgehead atoms. The summed E-state index contributed by atoms with van der Waals surface area (Å²) >= 11 is 0. The molecular weight excluding hydrogens is 206 g/mol. The van der Waals surface area contributed by atoms with E-state index in [-0.39, 0.29) is 23.1 Å². The van der Waals surface area contributed by atoms with Crippen LogP contribution in [0.5, 0.6) is 0 Å². The van der Waals surface area contributed by atoms with Crippen LogP contribution in [0.2, 0.25) is 0 Å². The van der Waals surface area contributed by atoms with Gasteiger partial charge in [0.1, 0.15) is 12.4 Å². The molecule has 1 rings (SSSR count). The maximum Gasteiger partial charge on any atom is 0.252 e. The Balaban J connectivity index is 0.000001000. The van der Waals surface area contributed by atoms with Crippen LogP contribution in [0.15, 0.2) is 12.4 Å². The second kappa shape index (κ2) is 4.51. The van der Waals surface area contributed by atoms with Crippen LogP contribution in [0, 0.1) is 6.92 Å². The minimum Gasteiger partial charge on any atom is -1.00 e. The van der Waals surface area contributed by atoms with Crippen molar-refractivity contribution in [1.82, 2.24) is 4.98 Å².